The van der Waals surface area contributed by atoms with Crippen molar-refractivity contribution in [2.24, 2.45) is 0 Å². The third-order valence-corrected chi connectivity index (χ3v) is 3.59. The number of aryl methyl sites for hydroxylation is 1. The standard InChI is InChI=1S/C15H14BrClN2O2/c16-11-8-13(14(17)18-9-11)15(21)19-12-5-1-3-10(7-12)4-2-6-20/h1,3,5,7-9,20H,2,4,6H2,(H,19,21). The number of halogens is 2. The SMILES string of the molecule is O=C(Nc1cccc(CCCO)c1)c1cc(Br)cnc1Cl. The van der Waals surface area contributed by atoms with Crippen molar-refractivity contribution in [2.45, 2.75) is 12.8 Å². The molecule has 2 rings (SSSR count). The third kappa shape index (κ3) is 4.52. The van der Waals surface area contributed by atoms with Crippen LogP contribution in [-0.2, 0) is 6.42 Å². The van der Waals surface area contributed by atoms with Gasteiger partial charge in [-0.3, -0.25) is 4.79 Å². The highest BCUT2D eigenvalue weighted by Crippen LogP contribution is 2.20. The summed E-state index contributed by atoms with van der Waals surface area (Å²) < 4.78 is 0.689. The van der Waals surface area contributed by atoms with Gasteiger partial charge in [-0.05, 0) is 52.5 Å². The summed E-state index contributed by atoms with van der Waals surface area (Å²) in [5, 5.41) is 11.8. The second kappa shape index (κ2) is 7.54. The summed E-state index contributed by atoms with van der Waals surface area (Å²) in [5.41, 5.74) is 2.05. The van der Waals surface area contributed by atoms with Gasteiger partial charge in [-0.2, -0.15) is 0 Å². The fourth-order valence-electron chi connectivity index (χ4n) is 1.87. The molecule has 0 aliphatic carbocycles. The normalized spacial score (nSPS) is 10.4. The molecule has 0 spiro atoms. The van der Waals surface area contributed by atoms with Crippen LogP contribution in [0.15, 0.2) is 41.0 Å². The van der Waals surface area contributed by atoms with Crippen LogP contribution in [-0.4, -0.2) is 22.6 Å². The van der Waals surface area contributed by atoms with Crippen molar-refractivity contribution >= 4 is 39.1 Å². The summed E-state index contributed by atoms with van der Waals surface area (Å²) in [5.74, 6) is -0.312. The van der Waals surface area contributed by atoms with Crippen molar-refractivity contribution in [3.05, 3.63) is 57.3 Å². The van der Waals surface area contributed by atoms with Gasteiger partial charge in [0.05, 0.1) is 5.56 Å². The zero-order valence-corrected chi connectivity index (χ0v) is 13.5. The monoisotopic (exact) mass is 368 g/mol. The molecule has 6 heteroatoms. The Kier molecular flexibility index (Phi) is 5.73. The van der Waals surface area contributed by atoms with E-state index < -0.39 is 0 Å². The average Bonchev–Trinajstić information content (AvgIpc) is 2.48. The topological polar surface area (TPSA) is 62.2 Å². The predicted molar refractivity (Wildman–Crippen MR) is 86.7 cm³/mol. The Morgan fingerprint density at radius 1 is 1.38 bits per heavy atom. The number of aliphatic hydroxyl groups is 1. The van der Waals surface area contributed by atoms with Gasteiger partial charge in [-0.15, -0.1) is 0 Å². The van der Waals surface area contributed by atoms with Gasteiger partial charge in [-0.25, -0.2) is 4.98 Å². The summed E-state index contributed by atoms with van der Waals surface area (Å²) in [4.78, 5) is 16.1. The molecule has 1 amide bonds. The van der Waals surface area contributed by atoms with Crippen molar-refractivity contribution in [3.8, 4) is 0 Å². The summed E-state index contributed by atoms with van der Waals surface area (Å²) in [6.45, 7) is 0.149. The maximum absolute atomic E-state index is 12.2. The highest BCUT2D eigenvalue weighted by molar-refractivity contribution is 9.10. The molecule has 2 aromatic rings. The third-order valence-electron chi connectivity index (χ3n) is 2.86. The molecule has 110 valence electrons. The van der Waals surface area contributed by atoms with Gasteiger partial charge < -0.3 is 10.4 Å². The van der Waals surface area contributed by atoms with Crippen LogP contribution in [0, 0.1) is 0 Å². The van der Waals surface area contributed by atoms with Gasteiger partial charge in [0.25, 0.3) is 5.91 Å². The van der Waals surface area contributed by atoms with Gasteiger partial charge in [-0.1, -0.05) is 23.7 Å². The lowest BCUT2D eigenvalue weighted by Gasteiger charge is -2.08. The Morgan fingerprint density at radius 3 is 2.95 bits per heavy atom. The van der Waals surface area contributed by atoms with Crippen LogP contribution in [0.3, 0.4) is 0 Å². The van der Waals surface area contributed by atoms with Gasteiger partial charge in [0, 0.05) is 23.0 Å². The molecule has 0 bridgehead atoms. The molecule has 1 heterocycles. The summed E-state index contributed by atoms with van der Waals surface area (Å²) in [6, 6.07) is 9.13. The first kappa shape index (κ1) is 15.9. The quantitative estimate of drug-likeness (QED) is 0.790. The van der Waals surface area contributed by atoms with Crippen molar-refractivity contribution in [1.82, 2.24) is 4.98 Å². The van der Waals surface area contributed by atoms with Crippen LogP contribution in [0.25, 0.3) is 0 Å². The minimum Gasteiger partial charge on any atom is -0.396 e. The zero-order valence-electron chi connectivity index (χ0n) is 11.1. The van der Waals surface area contributed by atoms with Crippen LogP contribution in [0.2, 0.25) is 5.15 Å². The molecule has 0 aliphatic heterocycles. The van der Waals surface area contributed by atoms with E-state index >= 15 is 0 Å². The summed E-state index contributed by atoms with van der Waals surface area (Å²) in [6.07, 6.45) is 2.99. The molecule has 0 fully saturated rings. The first-order valence-electron chi connectivity index (χ1n) is 6.42. The minimum atomic E-state index is -0.312. The van der Waals surface area contributed by atoms with Crippen molar-refractivity contribution in [3.63, 3.8) is 0 Å². The number of amides is 1. The van der Waals surface area contributed by atoms with Crippen LogP contribution in [0.4, 0.5) is 5.69 Å². The largest absolute Gasteiger partial charge is 0.396 e. The number of carbonyl (C=O) groups is 1. The first-order valence-corrected chi connectivity index (χ1v) is 7.59. The molecule has 0 atom stereocenters. The van der Waals surface area contributed by atoms with Crippen LogP contribution in [0.5, 0.6) is 0 Å². The predicted octanol–water partition coefficient (Wildman–Crippen LogP) is 3.67. The van der Waals surface area contributed by atoms with E-state index in [1.807, 2.05) is 18.2 Å². The Balaban J connectivity index is 2.14. The van der Waals surface area contributed by atoms with Crippen molar-refractivity contribution < 1.29 is 9.90 Å². The number of nitrogens with one attached hydrogen (secondary N) is 1. The average molecular weight is 370 g/mol. The fraction of sp³-hybridized carbons (Fsp3) is 0.200. The lowest BCUT2D eigenvalue weighted by atomic mass is 10.1. The van der Waals surface area contributed by atoms with E-state index in [4.69, 9.17) is 16.7 Å². The zero-order chi connectivity index (χ0) is 15.2. The number of rotatable bonds is 5. The van der Waals surface area contributed by atoms with Crippen LogP contribution in [0.1, 0.15) is 22.3 Å². The van der Waals surface area contributed by atoms with Crippen molar-refractivity contribution in [2.75, 3.05) is 11.9 Å². The van der Waals surface area contributed by atoms with Crippen LogP contribution < -0.4 is 5.32 Å². The van der Waals surface area contributed by atoms with E-state index in [0.29, 0.717) is 22.1 Å². The van der Waals surface area contributed by atoms with Gasteiger partial charge >= 0.3 is 0 Å². The Morgan fingerprint density at radius 2 is 2.19 bits per heavy atom. The van der Waals surface area contributed by atoms with E-state index in [0.717, 1.165) is 12.0 Å². The van der Waals surface area contributed by atoms with E-state index in [9.17, 15) is 4.79 Å². The number of anilines is 1. The van der Waals surface area contributed by atoms with Gasteiger partial charge in [0.1, 0.15) is 5.15 Å². The second-order valence-electron chi connectivity index (χ2n) is 4.47. The van der Waals surface area contributed by atoms with E-state index in [1.54, 1.807) is 12.1 Å². The number of carbonyl (C=O) groups excluding carboxylic acids is 1. The smallest absolute Gasteiger partial charge is 0.258 e. The number of benzene rings is 1. The molecule has 0 unspecified atom stereocenters. The summed E-state index contributed by atoms with van der Waals surface area (Å²) >= 11 is 9.20. The lowest BCUT2D eigenvalue weighted by molar-refractivity contribution is 0.102. The first-order chi connectivity index (χ1) is 10.1. The van der Waals surface area contributed by atoms with Gasteiger partial charge in [0.2, 0.25) is 0 Å². The molecular weight excluding hydrogens is 356 g/mol. The number of hydrogen-bond acceptors (Lipinski definition) is 3. The lowest BCUT2D eigenvalue weighted by Crippen LogP contribution is -2.13. The Labute approximate surface area is 136 Å². The molecule has 2 N–H and O–H groups in total. The fourth-order valence-corrected chi connectivity index (χ4v) is 2.39. The highest BCUT2D eigenvalue weighted by atomic mass is 79.9. The molecule has 1 aromatic carbocycles. The highest BCUT2D eigenvalue weighted by Gasteiger charge is 2.12. The number of pyridine rings is 1. The number of nitrogens with zero attached hydrogens (tertiary/aromatic N) is 1. The Hall–Kier alpha value is -1.43. The number of hydrogen-bond donors (Lipinski definition) is 2. The maximum atomic E-state index is 12.2. The summed E-state index contributed by atoms with van der Waals surface area (Å²) in [7, 11) is 0. The molecule has 4 nitrogen and oxygen atoms in total. The molecule has 1 aromatic heterocycles. The van der Waals surface area contributed by atoms with Crippen molar-refractivity contribution in [1.29, 1.82) is 0 Å². The molecular formula is C15H14BrClN2O2. The molecule has 0 saturated carbocycles. The van der Waals surface area contributed by atoms with Gasteiger partial charge in [0.15, 0.2) is 0 Å². The molecule has 0 radical (unpaired) electrons. The van der Waals surface area contributed by atoms with E-state index in [2.05, 4.69) is 26.2 Å². The Bertz CT molecular complexity index is 649. The van der Waals surface area contributed by atoms with E-state index in [-0.39, 0.29) is 17.7 Å². The molecule has 21 heavy (non-hydrogen) atoms. The molecule has 0 saturated heterocycles. The minimum absolute atomic E-state index is 0.149. The number of aromatic nitrogens is 1. The maximum Gasteiger partial charge on any atom is 0.258 e. The van der Waals surface area contributed by atoms with Crippen LogP contribution >= 0.6 is 27.5 Å². The van der Waals surface area contributed by atoms with E-state index in [1.165, 1.54) is 6.20 Å². The molecule has 0 aliphatic rings. The second-order valence-corrected chi connectivity index (χ2v) is 5.75. The number of aliphatic hydroxyl groups excluding tert-OH is 1.